The van der Waals surface area contributed by atoms with Crippen LogP contribution >= 0.6 is 0 Å². The van der Waals surface area contributed by atoms with Gasteiger partial charge in [0.2, 0.25) is 5.91 Å². The number of rotatable bonds is 5. The van der Waals surface area contributed by atoms with Crippen LogP contribution in [0.1, 0.15) is 44.9 Å². The molecule has 1 aromatic carbocycles. The van der Waals surface area contributed by atoms with E-state index in [1.807, 2.05) is 30.3 Å². The van der Waals surface area contributed by atoms with Gasteiger partial charge in [-0.05, 0) is 51.4 Å². The minimum atomic E-state index is -0.422. The lowest BCUT2D eigenvalue weighted by molar-refractivity contribution is -0.125. The molecule has 1 unspecified atom stereocenters. The predicted molar refractivity (Wildman–Crippen MR) is 94.5 cm³/mol. The number of likely N-dealkylation sites (N-methyl/N-ethyl adjacent to an activating group) is 1. The summed E-state index contributed by atoms with van der Waals surface area (Å²) in [5.41, 5.74) is 0.619. The summed E-state index contributed by atoms with van der Waals surface area (Å²) in [6.07, 6.45) is 7.84. The Kier molecular flexibility index (Phi) is 5.21. The molecule has 126 valence electrons. The second-order valence-electron chi connectivity index (χ2n) is 7.12. The molecule has 0 bridgehead atoms. The zero-order valence-electron chi connectivity index (χ0n) is 14.2. The number of likely N-dealkylation sites (tertiary alicyclic amines) is 1. The normalized spacial score (nSPS) is 24.3. The fourth-order valence-electron chi connectivity index (χ4n) is 3.97. The van der Waals surface area contributed by atoms with E-state index in [2.05, 4.69) is 22.6 Å². The second kappa shape index (κ2) is 7.35. The van der Waals surface area contributed by atoms with Crippen LogP contribution in [-0.4, -0.2) is 42.5 Å². The van der Waals surface area contributed by atoms with Crippen molar-refractivity contribution in [3.63, 3.8) is 0 Å². The number of benzene rings is 1. The highest BCUT2D eigenvalue weighted by Crippen LogP contribution is 2.33. The van der Waals surface area contributed by atoms with Crippen molar-refractivity contribution in [3.8, 4) is 0 Å². The van der Waals surface area contributed by atoms with Crippen LogP contribution in [0.5, 0.6) is 0 Å². The third-order valence-corrected chi connectivity index (χ3v) is 5.47. The van der Waals surface area contributed by atoms with E-state index in [1.165, 1.54) is 19.3 Å². The number of anilines is 1. The quantitative estimate of drug-likeness (QED) is 0.878. The topological polar surface area (TPSA) is 44.4 Å². The van der Waals surface area contributed by atoms with Crippen molar-refractivity contribution in [2.45, 2.75) is 56.5 Å². The van der Waals surface area contributed by atoms with Crippen molar-refractivity contribution in [1.29, 1.82) is 0 Å². The molecular formula is C19H29N3O. The van der Waals surface area contributed by atoms with Crippen LogP contribution in [0, 0.1) is 0 Å². The van der Waals surface area contributed by atoms with Crippen LogP contribution in [0.15, 0.2) is 30.3 Å². The Labute approximate surface area is 139 Å². The number of nitrogens with one attached hydrogen (secondary N) is 2. The lowest BCUT2D eigenvalue weighted by Crippen LogP contribution is -2.54. The summed E-state index contributed by atoms with van der Waals surface area (Å²) >= 11 is 0. The summed E-state index contributed by atoms with van der Waals surface area (Å²) < 4.78 is 0. The van der Waals surface area contributed by atoms with Gasteiger partial charge in [0, 0.05) is 18.3 Å². The minimum absolute atomic E-state index is 0.179. The number of amides is 1. The largest absolute Gasteiger partial charge is 0.371 e. The van der Waals surface area contributed by atoms with Gasteiger partial charge in [-0.25, -0.2) is 0 Å². The van der Waals surface area contributed by atoms with Gasteiger partial charge in [-0.15, -0.1) is 0 Å². The highest BCUT2D eigenvalue weighted by atomic mass is 16.2. The Bertz CT molecular complexity index is 511. The molecule has 23 heavy (non-hydrogen) atoms. The van der Waals surface area contributed by atoms with E-state index in [9.17, 15) is 4.79 Å². The molecule has 4 heteroatoms. The van der Waals surface area contributed by atoms with Crippen LogP contribution in [0.2, 0.25) is 0 Å². The van der Waals surface area contributed by atoms with E-state index in [4.69, 9.17) is 0 Å². The third-order valence-electron chi connectivity index (χ3n) is 5.47. The average molecular weight is 315 g/mol. The number of carbonyl (C=O) groups is 1. The van der Waals surface area contributed by atoms with E-state index in [0.717, 1.165) is 44.5 Å². The van der Waals surface area contributed by atoms with E-state index in [1.54, 1.807) is 0 Å². The van der Waals surface area contributed by atoms with Gasteiger partial charge in [-0.1, -0.05) is 37.5 Å². The van der Waals surface area contributed by atoms with E-state index >= 15 is 0 Å². The Morgan fingerprint density at radius 3 is 2.61 bits per heavy atom. The van der Waals surface area contributed by atoms with Crippen molar-refractivity contribution in [2.24, 2.45) is 0 Å². The molecule has 1 saturated heterocycles. The molecule has 1 atom stereocenters. The summed E-state index contributed by atoms with van der Waals surface area (Å²) in [7, 11) is 2.17. The van der Waals surface area contributed by atoms with Crippen LogP contribution in [0.4, 0.5) is 5.69 Å². The fraction of sp³-hybridized carbons (Fsp3) is 0.632. The lowest BCUT2D eigenvalue weighted by Gasteiger charge is -2.35. The van der Waals surface area contributed by atoms with E-state index in [-0.39, 0.29) is 5.91 Å². The van der Waals surface area contributed by atoms with Gasteiger partial charge in [-0.3, -0.25) is 4.79 Å². The molecule has 0 aromatic heterocycles. The highest BCUT2D eigenvalue weighted by Gasteiger charge is 2.41. The van der Waals surface area contributed by atoms with Crippen molar-refractivity contribution in [1.82, 2.24) is 10.2 Å². The zero-order chi connectivity index (χ0) is 16.1. The molecular weight excluding hydrogens is 286 g/mol. The number of nitrogens with zero attached hydrogens (tertiary/aromatic N) is 1. The monoisotopic (exact) mass is 315 g/mol. The predicted octanol–water partition coefficient (Wildman–Crippen LogP) is 3.01. The van der Waals surface area contributed by atoms with E-state index in [0.29, 0.717) is 6.04 Å². The van der Waals surface area contributed by atoms with Gasteiger partial charge < -0.3 is 15.5 Å². The Balaban J connectivity index is 1.62. The van der Waals surface area contributed by atoms with Crippen LogP contribution in [0.3, 0.4) is 0 Å². The molecule has 1 saturated carbocycles. The van der Waals surface area contributed by atoms with Gasteiger partial charge >= 0.3 is 0 Å². The van der Waals surface area contributed by atoms with Crippen molar-refractivity contribution in [2.75, 3.05) is 25.5 Å². The van der Waals surface area contributed by atoms with Gasteiger partial charge in [0.25, 0.3) is 0 Å². The molecule has 2 N–H and O–H groups in total. The van der Waals surface area contributed by atoms with E-state index < -0.39 is 5.54 Å². The molecule has 1 aromatic rings. The summed E-state index contributed by atoms with van der Waals surface area (Å²) in [6.45, 7) is 1.92. The molecule has 1 heterocycles. The van der Waals surface area contributed by atoms with Crippen LogP contribution in [-0.2, 0) is 4.79 Å². The molecule has 1 aliphatic heterocycles. The zero-order valence-corrected chi connectivity index (χ0v) is 14.2. The number of hydrogen-bond acceptors (Lipinski definition) is 3. The molecule has 0 spiro atoms. The standard InChI is InChI=1S/C19H29N3O/c1-22-14-8-5-11-17(22)15-20-18(23)19(12-6-7-13-19)21-16-9-3-2-4-10-16/h2-4,9-10,17,21H,5-8,11-15H2,1H3,(H,20,23). The van der Waals surface area contributed by atoms with Crippen molar-refractivity contribution >= 4 is 11.6 Å². The smallest absolute Gasteiger partial charge is 0.245 e. The third kappa shape index (κ3) is 3.86. The molecule has 3 rings (SSSR count). The molecule has 0 radical (unpaired) electrons. The number of piperidine rings is 1. The van der Waals surface area contributed by atoms with Crippen LogP contribution < -0.4 is 10.6 Å². The number of carbonyl (C=O) groups excluding carboxylic acids is 1. The molecule has 1 aliphatic carbocycles. The first-order valence-electron chi connectivity index (χ1n) is 9.01. The maximum absolute atomic E-state index is 12.9. The first-order chi connectivity index (χ1) is 11.2. The summed E-state index contributed by atoms with van der Waals surface area (Å²) in [5.74, 6) is 0.179. The Hall–Kier alpha value is -1.55. The van der Waals surface area contributed by atoms with Crippen LogP contribution in [0.25, 0.3) is 0 Å². The van der Waals surface area contributed by atoms with Gasteiger partial charge in [0.1, 0.15) is 5.54 Å². The fourth-order valence-corrected chi connectivity index (χ4v) is 3.97. The van der Waals surface area contributed by atoms with Crippen molar-refractivity contribution < 1.29 is 4.79 Å². The first-order valence-corrected chi connectivity index (χ1v) is 9.01. The molecule has 4 nitrogen and oxygen atoms in total. The summed E-state index contributed by atoms with van der Waals surface area (Å²) in [6, 6.07) is 10.6. The highest BCUT2D eigenvalue weighted by molar-refractivity contribution is 5.89. The first kappa shape index (κ1) is 16.3. The van der Waals surface area contributed by atoms with Gasteiger partial charge in [0.05, 0.1) is 0 Å². The molecule has 1 amide bonds. The number of hydrogen-bond donors (Lipinski definition) is 2. The summed E-state index contributed by atoms with van der Waals surface area (Å²) in [5, 5.41) is 6.77. The Morgan fingerprint density at radius 1 is 1.17 bits per heavy atom. The van der Waals surface area contributed by atoms with Gasteiger partial charge in [0.15, 0.2) is 0 Å². The molecule has 2 fully saturated rings. The average Bonchev–Trinajstić information content (AvgIpc) is 3.04. The molecule has 2 aliphatic rings. The second-order valence-corrected chi connectivity index (χ2v) is 7.12. The number of para-hydroxylation sites is 1. The lowest BCUT2D eigenvalue weighted by atomic mass is 9.95. The maximum Gasteiger partial charge on any atom is 0.245 e. The van der Waals surface area contributed by atoms with Gasteiger partial charge in [-0.2, -0.15) is 0 Å². The van der Waals surface area contributed by atoms with Crippen molar-refractivity contribution in [3.05, 3.63) is 30.3 Å². The maximum atomic E-state index is 12.9. The Morgan fingerprint density at radius 2 is 1.91 bits per heavy atom. The minimum Gasteiger partial charge on any atom is -0.371 e. The SMILES string of the molecule is CN1CCCCC1CNC(=O)C1(Nc2ccccc2)CCCC1. The summed E-state index contributed by atoms with van der Waals surface area (Å²) in [4.78, 5) is 15.3.